The third-order valence-electron chi connectivity index (χ3n) is 2.64. The second-order valence-corrected chi connectivity index (χ2v) is 4.71. The zero-order valence-electron chi connectivity index (χ0n) is 8.22. The Morgan fingerprint density at radius 2 is 2.36 bits per heavy atom. The minimum atomic E-state index is 0.529. The highest BCUT2D eigenvalue weighted by Crippen LogP contribution is 2.28. The van der Waals surface area contributed by atoms with E-state index in [4.69, 9.17) is 4.74 Å². The molecule has 2 rings (SSSR count). The van der Waals surface area contributed by atoms with Gasteiger partial charge in [0.1, 0.15) is 5.75 Å². The fourth-order valence-corrected chi connectivity index (χ4v) is 2.42. The second-order valence-electron chi connectivity index (χ2n) is 3.54. The number of nitrogens with one attached hydrogen (secondary N) is 1. The molecular formula is C11H14INO. The zero-order chi connectivity index (χ0) is 9.97. The molecule has 14 heavy (non-hydrogen) atoms. The average molecular weight is 303 g/mol. The van der Waals surface area contributed by atoms with Crippen LogP contribution in [0.1, 0.15) is 24.4 Å². The maximum atomic E-state index is 5.31. The molecule has 1 fully saturated rings. The zero-order valence-corrected chi connectivity index (χ0v) is 10.4. The Bertz CT molecular complexity index is 321. The predicted octanol–water partition coefficient (Wildman–Crippen LogP) is 2.72. The first-order chi connectivity index (χ1) is 6.81. The van der Waals surface area contributed by atoms with Gasteiger partial charge in [-0.3, -0.25) is 0 Å². The molecule has 1 N–H and O–H groups in total. The van der Waals surface area contributed by atoms with Crippen LogP contribution in [0.3, 0.4) is 0 Å². The van der Waals surface area contributed by atoms with Gasteiger partial charge in [-0.25, -0.2) is 0 Å². The quantitative estimate of drug-likeness (QED) is 0.848. The standard InChI is InChI=1S/C11H14INO/c1-14-11-7-8(4-5-9(11)12)10-3-2-6-13-10/h4-5,7,10,13H,2-3,6H2,1H3/t10-/m1/s1. The molecular weight excluding hydrogens is 289 g/mol. The predicted molar refractivity (Wildman–Crippen MR) is 65.7 cm³/mol. The summed E-state index contributed by atoms with van der Waals surface area (Å²) in [5.74, 6) is 0.983. The molecule has 1 aromatic rings. The van der Waals surface area contributed by atoms with E-state index in [1.54, 1.807) is 7.11 Å². The molecule has 3 heteroatoms. The molecule has 0 aliphatic carbocycles. The van der Waals surface area contributed by atoms with Crippen molar-refractivity contribution in [2.45, 2.75) is 18.9 Å². The van der Waals surface area contributed by atoms with Gasteiger partial charge in [0.25, 0.3) is 0 Å². The third kappa shape index (κ3) is 2.03. The maximum absolute atomic E-state index is 5.31. The molecule has 1 heterocycles. The fourth-order valence-electron chi connectivity index (χ4n) is 1.86. The van der Waals surface area contributed by atoms with E-state index < -0.39 is 0 Å². The van der Waals surface area contributed by atoms with E-state index >= 15 is 0 Å². The summed E-state index contributed by atoms with van der Waals surface area (Å²) in [5.41, 5.74) is 1.35. The van der Waals surface area contributed by atoms with Gasteiger partial charge in [-0.2, -0.15) is 0 Å². The van der Waals surface area contributed by atoms with Crippen LogP contribution in [-0.4, -0.2) is 13.7 Å². The summed E-state index contributed by atoms with van der Waals surface area (Å²) in [6.45, 7) is 1.14. The lowest BCUT2D eigenvalue weighted by Crippen LogP contribution is -2.12. The van der Waals surface area contributed by atoms with Crippen molar-refractivity contribution >= 4 is 22.6 Å². The van der Waals surface area contributed by atoms with Crippen LogP contribution in [-0.2, 0) is 0 Å². The first-order valence-corrected chi connectivity index (χ1v) is 5.96. The number of hydrogen-bond acceptors (Lipinski definition) is 2. The Morgan fingerprint density at radius 3 is 3.00 bits per heavy atom. The molecule has 1 atom stereocenters. The van der Waals surface area contributed by atoms with Crippen LogP contribution < -0.4 is 10.1 Å². The Hall–Kier alpha value is -0.290. The van der Waals surface area contributed by atoms with Gasteiger partial charge in [0, 0.05) is 6.04 Å². The highest BCUT2D eigenvalue weighted by Gasteiger charge is 2.16. The van der Waals surface area contributed by atoms with E-state index in [0.717, 1.165) is 12.3 Å². The van der Waals surface area contributed by atoms with Crippen molar-refractivity contribution in [3.05, 3.63) is 27.3 Å². The van der Waals surface area contributed by atoms with Gasteiger partial charge in [0.05, 0.1) is 10.7 Å². The van der Waals surface area contributed by atoms with Crippen molar-refractivity contribution < 1.29 is 4.74 Å². The number of hydrogen-bond donors (Lipinski definition) is 1. The molecule has 0 bridgehead atoms. The summed E-state index contributed by atoms with van der Waals surface area (Å²) in [5, 5.41) is 3.49. The first kappa shape index (κ1) is 10.2. The summed E-state index contributed by atoms with van der Waals surface area (Å²) < 4.78 is 6.48. The van der Waals surface area contributed by atoms with Crippen molar-refractivity contribution in [2.24, 2.45) is 0 Å². The van der Waals surface area contributed by atoms with Crippen LogP contribution in [0.4, 0.5) is 0 Å². The van der Waals surface area contributed by atoms with Crippen LogP contribution in [0, 0.1) is 3.57 Å². The summed E-state index contributed by atoms with van der Waals surface area (Å²) >= 11 is 2.29. The maximum Gasteiger partial charge on any atom is 0.132 e. The molecule has 1 aliphatic rings. The SMILES string of the molecule is COc1cc([C@H]2CCCN2)ccc1I. The number of halogens is 1. The average Bonchev–Trinajstić information content (AvgIpc) is 2.71. The van der Waals surface area contributed by atoms with Gasteiger partial charge in [-0.05, 0) is 59.7 Å². The highest BCUT2D eigenvalue weighted by atomic mass is 127. The van der Waals surface area contributed by atoms with Crippen LogP contribution >= 0.6 is 22.6 Å². The van der Waals surface area contributed by atoms with E-state index in [2.05, 4.69) is 46.1 Å². The molecule has 76 valence electrons. The molecule has 0 aromatic heterocycles. The first-order valence-electron chi connectivity index (χ1n) is 4.88. The highest BCUT2D eigenvalue weighted by molar-refractivity contribution is 14.1. The summed E-state index contributed by atoms with van der Waals surface area (Å²) in [6, 6.07) is 6.98. The smallest absolute Gasteiger partial charge is 0.132 e. The van der Waals surface area contributed by atoms with Crippen molar-refractivity contribution in [1.29, 1.82) is 0 Å². The van der Waals surface area contributed by atoms with Crippen LogP contribution in [0.15, 0.2) is 18.2 Å². The van der Waals surface area contributed by atoms with E-state index in [0.29, 0.717) is 6.04 Å². The minimum Gasteiger partial charge on any atom is -0.496 e. The van der Waals surface area contributed by atoms with Gasteiger partial charge in [-0.1, -0.05) is 6.07 Å². The summed E-state index contributed by atoms with van der Waals surface area (Å²) in [7, 11) is 1.73. The van der Waals surface area contributed by atoms with Gasteiger partial charge in [0.15, 0.2) is 0 Å². The van der Waals surface area contributed by atoms with Crippen molar-refractivity contribution in [1.82, 2.24) is 5.32 Å². The van der Waals surface area contributed by atoms with Crippen molar-refractivity contribution in [2.75, 3.05) is 13.7 Å². The van der Waals surface area contributed by atoms with Crippen LogP contribution in [0.25, 0.3) is 0 Å². The van der Waals surface area contributed by atoms with E-state index in [-0.39, 0.29) is 0 Å². The van der Waals surface area contributed by atoms with E-state index in [1.807, 2.05) is 0 Å². The van der Waals surface area contributed by atoms with E-state index in [9.17, 15) is 0 Å². The molecule has 1 saturated heterocycles. The number of rotatable bonds is 2. The van der Waals surface area contributed by atoms with Gasteiger partial charge >= 0.3 is 0 Å². The van der Waals surface area contributed by atoms with E-state index in [1.165, 1.54) is 22.0 Å². The molecule has 1 aliphatic heterocycles. The molecule has 1 aromatic carbocycles. The Balaban J connectivity index is 2.25. The lowest BCUT2D eigenvalue weighted by molar-refractivity contribution is 0.410. The van der Waals surface area contributed by atoms with Crippen molar-refractivity contribution in [3.8, 4) is 5.75 Å². The van der Waals surface area contributed by atoms with Crippen molar-refractivity contribution in [3.63, 3.8) is 0 Å². The second kappa shape index (κ2) is 4.49. The lowest BCUT2D eigenvalue weighted by Gasteiger charge is -2.12. The van der Waals surface area contributed by atoms with Crippen LogP contribution in [0.2, 0.25) is 0 Å². The fraction of sp³-hybridized carbons (Fsp3) is 0.455. The largest absolute Gasteiger partial charge is 0.496 e. The monoisotopic (exact) mass is 303 g/mol. The molecule has 0 unspecified atom stereocenters. The molecule has 2 nitrogen and oxygen atoms in total. The van der Waals surface area contributed by atoms with Gasteiger partial charge in [0.2, 0.25) is 0 Å². The number of ether oxygens (including phenoxy) is 1. The number of benzene rings is 1. The molecule has 0 spiro atoms. The molecule has 0 radical (unpaired) electrons. The summed E-state index contributed by atoms with van der Waals surface area (Å²) in [6.07, 6.45) is 2.52. The van der Waals surface area contributed by atoms with Gasteiger partial charge < -0.3 is 10.1 Å². The Kier molecular flexibility index (Phi) is 3.28. The topological polar surface area (TPSA) is 21.3 Å². The van der Waals surface area contributed by atoms with Gasteiger partial charge in [-0.15, -0.1) is 0 Å². The summed E-state index contributed by atoms with van der Waals surface area (Å²) in [4.78, 5) is 0. The molecule has 0 amide bonds. The minimum absolute atomic E-state index is 0.529. The molecule has 0 saturated carbocycles. The number of methoxy groups -OCH3 is 1. The van der Waals surface area contributed by atoms with Crippen LogP contribution in [0.5, 0.6) is 5.75 Å². The normalized spacial score (nSPS) is 21.1. The third-order valence-corrected chi connectivity index (χ3v) is 3.53. The Morgan fingerprint density at radius 1 is 1.50 bits per heavy atom. The Labute approximate surface area is 98.2 Å². The lowest BCUT2D eigenvalue weighted by atomic mass is 10.1.